The zero-order chi connectivity index (χ0) is 20.3. The van der Waals surface area contributed by atoms with Gasteiger partial charge < -0.3 is 14.9 Å². The van der Waals surface area contributed by atoms with Crippen LogP contribution in [0.3, 0.4) is 0 Å². The fraction of sp³-hybridized carbons (Fsp3) is 0.480. The first kappa shape index (κ1) is 19.8. The first-order valence-electron chi connectivity index (χ1n) is 11.0. The molecular weight excluding hydrogens is 360 g/mol. The molecule has 0 unspecified atom stereocenters. The topological polar surface area (TPSA) is 43.8 Å². The Bertz CT molecular complexity index is 755. The van der Waals surface area contributed by atoms with Crippen LogP contribution in [0, 0.1) is 0 Å². The van der Waals surface area contributed by atoms with E-state index in [0.717, 1.165) is 37.3 Å². The molecule has 0 amide bonds. The average Bonchev–Trinajstić information content (AvgIpc) is 2.80. The first-order valence-corrected chi connectivity index (χ1v) is 11.0. The van der Waals surface area contributed by atoms with Crippen LogP contribution in [0.15, 0.2) is 48.5 Å². The average molecular weight is 393 g/mol. The fourth-order valence-electron chi connectivity index (χ4n) is 4.73. The predicted molar refractivity (Wildman–Crippen MR) is 119 cm³/mol. The summed E-state index contributed by atoms with van der Waals surface area (Å²) in [5.74, 6) is -0.811. The fourth-order valence-corrected chi connectivity index (χ4v) is 4.73. The molecule has 29 heavy (non-hydrogen) atoms. The molecule has 2 fully saturated rings. The SMILES string of the molecule is CC(C(=O)O)(c1ccc(N2CCCCC2)cc1)c1ccc(N2CCCCC2)cc1. The van der Waals surface area contributed by atoms with Gasteiger partial charge in [-0.15, -0.1) is 0 Å². The summed E-state index contributed by atoms with van der Waals surface area (Å²) >= 11 is 0. The number of carboxylic acids is 1. The van der Waals surface area contributed by atoms with Gasteiger partial charge in [-0.05, 0) is 80.8 Å². The van der Waals surface area contributed by atoms with E-state index in [4.69, 9.17) is 0 Å². The molecule has 0 radical (unpaired) electrons. The number of carboxylic acid groups (broad SMARTS) is 1. The number of rotatable bonds is 5. The molecule has 1 N–H and O–H groups in total. The van der Waals surface area contributed by atoms with E-state index < -0.39 is 11.4 Å². The van der Waals surface area contributed by atoms with Crippen molar-refractivity contribution < 1.29 is 9.90 Å². The normalized spacial score (nSPS) is 18.0. The molecule has 2 aromatic rings. The second-order valence-electron chi connectivity index (χ2n) is 8.62. The van der Waals surface area contributed by atoms with Crippen LogP contribution < -0.4 is 9.80 Å². The second-order valence-corrected chi connectivity index (χ2v) is 8.62. The standard InChI is InChI=1S/C25H32N2O2/c1-25(24(28)29,20-8-12-22(13-9-20)26-16-4-2-5-17-26)21-10-14-23(15-11-21)27-18-6-3-7-19-27/h8-15H,2-7,16-19H2,1H3,(H,28,29). The molecule has 0 aromatic heterocycles. The summed E-state index contributed by atoms with van der Waals surface area (Å²) in [5.41, 5.74) is 3.00. The van der Waals surface area contributed by atoms with Crippen LogP contribution in [0.1, 0.15) is 56.6 Å². The lowest BCUT2D eigenvalue weighted by molar-refractivity contribution is -0.141. The highest BCUT2D eigenvalue weighted by Crippen LogP contribution is 2.35. The van der Waals surface area contributed by atoms with Crippen LogP contribution in [-0.2, 0) is 10.2 Å². The van der Waals surface area contributed by atoms with Gasteiger partial charge in [-0.3, -0.25) is 4.79 Å². The number of anilines is 2. The highest BCUT2D eigenvalue weighted by atomic mass is 16.4. The van der Waals surface area contributed by atoms with Gasteiger partial charge in [0.15, 0.2) is 0 Å². The second kappa shape index (κ2) is 8.48. The van der Waals surface area contributed by atoms with Gasteiger partial charge >= 0.3 is 5.97 Å². The van der Waals surface area contributed by atoms with Crippen molar-refractivity contribution in [3.63, 3.8) is 0 Å². The van der Waals surface area contributed by atoms with E-state index in [0.29, 0.717) is 0 Å². The largest absolute Gasteiger partial charge is 0.480 e. The molecule has 4 rings (SSSR count). The van der Waals surface area contributed by atoms with E-state index in [1.165, 1.54) is 49.9 Å². The van der Waals surface area contributed by atoms with E-state index in [1.54, 1.807) is 0 Å². The summed E-state index contributed by atoms with van der Waals surface area (Å²) in [6, 6.07) is 16.3. The van der Waals surface area contributed by atoms with Crippen LogP contribution in [0.4, 0.5) is 11.4 Å². The third-order valence-corrected chi connectivity index (χ3v) is 6.76. The molecule has 2 aromatic carbocycles. The van der Waals surface area contributed by atoms with Crippen molar-refractivity contribution in [1.82, 2.24) is 0 Å². The maximum atomic E-state index is 12.4. The Kier molecular flexibility index (Phi) is 5.79. The Hall–Kier alpha value is -2.49. The molecule has 0 spiro atoms. The van der Waals surface area contributed by atoms with Crippen LogP contribution in [-0.4, -0.2) is 37.3 Å². The summed E-state index contributed by atoms with van der Waals surface area (Å²) in [5, 5.41) is 10.2. The Morgan fingerprint density at radius 1 is 0.690 bits per heavy atom. The molecule has 2 heterocycles. The zero-order valence-corrected chi connectivity index (χ0v) is 17.4. The van der Waals surface area contributed by atoms with Gasteiger partial charge in [-0.25, -0.2) is 0 Å². The minimum atomic E-state index is -1.05. The van der Waals surface area contributed by atoms with Crippen molar-refractivity contribution in [2.75, 3.05) is 36.0 Å². The smallest absolute Gasteiger partial charge is 0.318 e. The number of aliphatic carboxylic acids is 1. The molecule has 2 aliphatic rings. The van der Waals surface area contributed by atoms with Gasteiger partial charge in [0.05, 0.1) is 0 Å². The van der Waals surface area contributed by atoms with Gasteiger partial charge in [0.2, 0.25) is 0 Å². The third kappa shape index (κ3) is 3.98. The third-order valence-electron chi connectivity index (χ3n) is 6.76. The number of hydrogen-bond donors (Lipinski definition) is 1. The van der Waals surface area contributed by atoms with Gasteiger partial charge in [0.1, 0.15) is 5.41 Å². The lowest BCUT2D eigenvalue weighted by Crippen LogP contribution is -2.34. The van der Waals surface area contributed by atoms with E-state index in [-0.39, 0.29) is 0 Å². The van der Waals surface area contributed by atoms with E-state index in [2.05, 4.69) is 34.1 Å². The molecule has 2 aliphatic heterocycles. The molecule has 0 aliphatic carbocycles. The molecule has 154 valence electrons. The summed E-state index contributed by atoms with van der Waals surface area (Å²) in [6.07, 6.45) is 7.55. The number of carbonyl (C=O) groups is 1. The number of hydrogen-bond acceptors (Lipinski definition) is 3. The van der Waals surface area contributed by atoms with Crippen LogP contribution >= 0.6 is 0 Å². The molecule has 2 saturated heterocycles. The van der Waals surface area contributed by atoms with Crippen molar-refractivity contribution in [2.45, 2.75) is 50.9 Å². The van der Waals surface area contributed by atoms with Gasteiger partial charge in [-0.1, -0.05) is 24.3 Å². The molecule has 0 atom stereocenters. The molecule has 0 bridgehead atoms. The van der Waals surface area contributed by atoms with Crippen LogP contribution in [0.5, 0.6) is 0 Å². The number of piperidine rings is 2. The van der Waals surface area contributed by atoms with Crippen LogP contribution in [0.25, 0.3) is 0 Å². The molecule has 4 heteroatoms. The van der Waals surface area contributed by atoms with Crippen molar-refractivity contribution in [3.05, 3.63) is 59.7 Å². The monoisotopic (exact) mass is 392 g/mol. The highest BCUT2D eigenvalue weighted by molar-refractivity contribution is 5.86. The van der Waals surface area contributed by atoms with Gasteiger partial charge in [0, 0.05) is 37.6 Å². The Morgan fingerprint density at radius 3 is 1.34 bits per heavy atom. The number of benzene rings is 2. The Labute approximate surface area is 174 Å². The lowest BCUT2D eigenvalue weighted by Gasteiger charge is -2.31. The van der Waals surface area contributed by atoms with E-state index in [1.807, 2.05) is 31.2 Å². The maximum absolute atomic E-state index is 12.4. The minimum absolute atomic E-state index is 0.811. The lowest BCUT2D eigenvalue weighted by atomic mass is 9.76. The summed E-state index contributed by atoms with van der Waals surface area (Å²) in [4.78, 5) is 17.2. The van der Waals surface area contributed by atoms with E-state index >= 15 is 0 Å². The Morgan fingerprint density at radius 2 is 1.03 bits per heavy atom. The zero-order valence-electron chi connectivity index (χ0n) is 17.4. The first-order chi connectivity index (χ1) is 14.1. The summed E-state index contributed by atoms with van der Waals surface area (Å²) in [7, 11) is 0. The van der Waals surface area contributed by atoms with Gasteiger partial charge in [-0.2, -0.15) is 0 Å². The molecule has 4 nitrogen and oxygen atoms in total. The Balaban J connectivity index is 1.59. The quantitative estimate of drug-likeness (QED) is 0.773. The minimum Gasteiger partial charge on any atom is -0.480 e. The van der Waals surface area contributed by atoms with Crippen molar-refractivity contribution in [1.29, 1.82) is 0 Å². The summed E-state index contributed by atoms with van der Waals surface area (Å²) < 4.78 is 0. The molecule has 0 saturated carbocycles. The highest BCUT2D eigenvalue weighted by Gasteiger charge is 2.37. The summed E-state index contributed by atoms with van der Waals surface area (Å²) in [6.45, 7) is 6.18. The molecular formula is C25H32N2O2. The number of nitrogens with zero attached hydrogens (tertiary/aromatic N) is 2. The van der Waals surface area contributed by atoms with Crippen LogP contribution in [0.2, 0.25) is 0 Å². The van der Waals surface area contributed by atoms with Crippen molar-refractivity contribution in [2.24, 2.45) is 0 Å². The van der Waals surface area contributed by atoms with Gasteiger partial charge in [0.25, 0.3) is 0 Å². The van der Waals surface area contributed by atoms with Crippen molar-refractivity contribution in [3.8, 4) is 0 Å². The van der Waals surface area contributed by atoms with E-state index in [9.17, 15) is 9.90 Å². The maximum Gasteiger partial charge on any atom is 0.318 e. The predicted octanol–water partition coefficient (Wildman–Crippen LogP) is 5.06. The van der Waals surface area contributed by atoms with Crippen molar-refractivity contribution >= 4 is 17.3 Å².